The average Bonchev–Trinajstić information content (AvgIpc) is 2.47. The minimum absolute atomic E-state index is 0.0461. The molecule has 1 aromatic rings. The Balaban J connectivity index is 2.35. The zero-order valence-electron chi connectivity index (χ0n) is 11.2. The number of hydrogen-bond acceptors (Lipinski definition) is 3. The zero-order chi connectivity index (χ0) is 14.8. The van der Waals surface area contributed by atoms with Crippen molar-refractivity contribution in [2.24, 2.45) is 0 Å². The molecule has 0 radical (unpaired) electrons. The van der Waals surface area contributed by atoms with Crippen LogP contribution in [-0.2, 0) is 10.0 Å². The summed E-state index contributed by atoms with van der Waals surface area (Å²) in [6.45, 7) is 1.39. The van der Waals surface area contributed by atoms with Crippen LogP contribution < -0.4 is 4.72 Å². The molecule has 0 aliphatic carbocycles. The van der Waals surface area contributed by atoms with Crippen LogP contribution in [-0.4, -0.2) is 39.4 Å². The molecule has 1 aromatic carbocycles. The molecule has 1 aliphatic heterocycles. The molecule has 1 N–H and O–H groups in total. The van der Waals surface area contributed by atoms with E-state index in [4.69, 9.17) is 11.6 Å². The lowest BCUT2D eigenvalue weighted by atomic mass is 10.1. The van der Waals surface area contributed by atoms with Crippen LogP contribution in [0.5, 0.6) is 0 Å². The molecule has 2 rings (SSSR count). The summed E-state index contributed by atoms with van der Waals surface area (Å²) in [5.74, 6) is -0.206. The van der Waals surface area contributed by atoms with Gasteiger partial charge < -0.3 is 4.90 Å². The highest BCUT2D eigenvalue weighted by Gasteiger charge is 2.22. The van der Waals surface area contributed by atoms with E-state index in [1.165, 1.54) is 25.2 Å². The van der Waals surface area contributed by atoms with Crippen LogP contribution in [0.15, 0.2) is 23.1 Å². The van der Waals surface area contributed by atoms with Crippen molar-refractivity contribution >= 4 is 27.5 Å². The maximum Gasteiger partial charge on any atom is 0.255 e. The molecular weight excluding hydrogens is 300 g/mol. The number of halogens is 1. The normalized spacial score (nSPS) is 16.2. The van der Waals surface area contributed by atoms with Crippen molar-refractivity contribution in [2.75, 3.05) is 20.1 Å². The van der Waals surface area contributed by atoms with Crippen LogP contribution >= 0.6 is 11.6 Å². The van der Waals surface area contributed by atoms with Gasteiger partial charge in [0.25, 0.3) is 5.91 Å². The van der Waals surface area contributed by atoms with E-state index in [0.717, 1.165) is 19.3 Å². The Labute approximate surface area is 124 Å². The quantitative estimate of drug-likeness (QED) is 0.926. The van der Waals surface area contributed by atoms with Gasteiger partial charge in [-0.3, -0.25) is 4.79 Å². The largest absolute Gasteiger partial charge is 0.339 e. The summed E-state index contributed by atoms with van der Waals surface area (Å²) in [4.78, 5) is 14.2. The Morgan fingerprint density at radius 2 is 1.90 bits per heavy atom. The van der Waals surface area contributed by atoms with Gasteiger partial charge in [0.15, 0.2) is 0 Å². The number of carbonyl (C=O) groups is 1. The fourth-order valence-electron chi connectivity index (χ4n) is 2.22. The number of hydrogen-bond donors (Lipinski definition) is 1. The van der Waals surface area contributed by atoms with Crippen LogP contribution in [0, 0.1) is 0 Å². The van der Waals surface area contributed by atoms with Gasteiger partial charge in [-0.25, -0.2) is 13.1 Å². The van der Waals surface area contributed by atoms with E-state index < -0.39 is 10.0 Å². The van der Waals surface area contributed by atoms with Crippen LogP contribution in [0.25, 0.3) is 0 Å². The molecule has 20 heavy (non-hydrogen) atoms. The Bertz CT molecular complexity index is 610. The van der Waals surface area contributed by atoms with Crippen molar-refractivity contribution in [1.82, 2.24) is 9.62 Å². The minimum atomic E-state index is -3.58. The Kier molecular flexibility index (Phi) is 4.67. The first-order chi connectivity index (χ1) is 9.45. The van der Waals surface area contributed by atoms with E-state index in [9.17, 15) is 13.2 Å². The molecule has 1 aliphatic rings. The highest BCUT2D eigenvalue weighted by atomic mass is 35.5. The van der Waals surface area contributed by atoms with Gasteiger partial charge in [0.2, 0.25) is 10.0 Å². The van der Waals surface area contributed by atoms with E-state index in [1.54, 1.807) is 4.90 Å². The fourth-order valence-corrected chi connectivity index (χ4v) is 3.17. The topological polar surface area (TPSA) is 66.5 Å². The highest BCUT2D eigenvalue weighted by Crippen LogP contribution is 2.23. The smallest absolute Gasteiger partial charge is 0.255 e. The van der Waals surface area contributed by atoms with Crippen LogP contribution in [0.1, 0.15) is 29.6 Å². The fraction of sp³-hybridized carbons (Fsp3) is 0.462. The van der Waals surface area contributed by atoms with Crippen LogP contribution in [0.3, 0.4) is 0 Å². The molecule has 0 atom stereocenters. The first-order valence-electron chi connectivity index (χ1n) is 6.48. The second kappa shape index (κ2) is 6.11. The van der Waals surface area contributed by atoms with E-state index in [1.807, 2.05) is 0 Å². The Hall–Kier alpha value is -1.11. The predicted octanol–water partition coefficient (Wildman–Crippen LogP) is 1.87. The lowest BCUT2D eigenvalue weighted by Gasteiger charge is -2.27. The summed E-state index contributed by atoms with van der Waals surface area (Å²) in [6.07, 6.45) is 3.06. The monoisotopic (exact) mass is 316 g/mol. The lowest BCUT2D eigenvalue weighted by Crippen LogP contribution is -2.35. The number of benzene rings is 1. The SMILES string of the molecule is CNS(=O)(=O)c1ccc(Cl)c(C(=O)N2CCCCC2)c1. The molecule has 110 valence electrons. The van der Waals surface area contributed by atoms with Crippen molar-refractivity contribution in [3.63, 3.8) is 0 Å². The molecule has 1 saturated heterocycles. The number of carbonyl (C=O) groups excluding carboxylic acids is 1. The number of sulfonamides is 1. The number of amides is 1. The van der Waals surface area contributed by atoms with E-state index in [-0.39, 0.29) is 21.4 Å². The highest BCUT2D eigenvalue weighted by molar-refractivity contribution is 7.89. The standard InChI is InChI=1S/C13H17ClN2O3S/c1-15-20(18,19)10-5-6-12(14)11(9-10)13(17)16-7-3-2-4-8-16/h5-6,9,15H,2-4,7-8H2,1H3. The van der Waals surface area contributed by atoms with Crippen LogP contribution in [0.4, 0.5) is 0 Å². The molecule has 5 nitrogen and oxygen atoms in total. The van der Waals surface area contributed by atoms with Gasteiger partial charge in [-0.1, -0.05) is 11.6 Å². The summed E-state index contributed by atoms with van der Waals surface area (Å²) >= 11 is 6.04. The second-order valence-corrected chi connectivity index (χ2v) is 7.00. The average molecular weight is 317 g/mol. The van der Waals surface area contributed by atoms with Crippen molar-refractivity contribution in [3.8, 4) is 0 Å². The molecule has 7 heteroatoms. The zero-order valence-corrected chi connectivity index (χ0v) is 12.8. The molecular formula is C13H17ClN2O3S. The molecule has 0 unspecified atom stereocenters. The first kappa shape index (κ1) is 15.3. The van der Waals surface area contributed by atoms with Gasteiger partial charge in [-0.2, -0.15) is 0 Å². The third kappa shape index (κ3) is 3.13. The molecule has 0 saturated carbocycles. The summed E-state index contributed by atoms with van der Waals surface area (Å²) in [6, 6.07) is 4.18. The number of likely N-dealkylation sites (tertiary alicyclic amines) is 1. The maximum atomic E-state index is 12.4. The Morgan fingerprint density at radius 1 is 1.25 bits per heavy atom. The molecule has 0 bridgehead atoms. The minimum Gasteiger partial charge on any atom is -0.339 e. The second-order valence-electron chi connectivity index (χ2n) is 4.70. The molecule has 0 aromatic heterocycles. The van der Waals surface area contributed by atoms with Crippen LogP contribution in [0.2, 0.25) is 5.02 Å². The first-order valence-corrected chi connectivity index (χ1v) is 8.34. The number of nitrogens with zero attached hydrogens (tertiary/aromatic N) is 1. The van der Waals surface area contributed by atoms with E-state index >= 15 is 0 Å². The van der Waals surface area contributed by atoms with Crippen molar-refractivity contribution in [2.45, 2.75) is 24.2 Å². The van der Waals surface area contributed by atoms with Gasteiger partial charge in [0.05, 0.1) is 15.5 Å². The van der Waals surface area contributed by atoms with Crippen molar-refractivity contribution < 1.29 is 13.2 Å². The third-order valence-electron chi connectivity index (χ3n) is 3.39. The summed E-state index contributed by atoms with van der Waals surface area (Å²) < 4.78 is 25.8. The van der Waals surface area contributed by atoms with Crippen molar-refractivity contribution in [3.05, 3.63) is 28.8 Å². The van der Waals surface area contributed by atoms with Gasteiger partial charge in [0, 0.05) is 13.1 Å². The van der Waals surface area contributed by atoms with Gasteiger partial charge in [-0.05, 0) is 44.5 Å². The van der Waals surface area contributed by atoms with Gasteiger partial charge in [0.1, 0.15) is 0 Å². The number of nitrogens with one attached hydrogen (secondary N) is 1. The Morgan fingerprint density at radius 3 is 2.50 bits per heavy atom. The number of rotatable bonds is 3. The number of piperidine rings is 1. The predicted molar refractivity (Wildman–Crippen MR) is 77.5 cm³/mol. The third-order valence-corrected chi connectivity index (χ3v) is 5.13. The molecule has 0 spiro atoms. The maximum absolute atomic E-state index is 12.4. The molecule has 1 fully saturated rings. The van der Waals surface area contributed by atoms with Gasteiger partial charge in [-0.15, -0.1) is 0 Å². The lowest BCUT2D eigenvalue weighted by molar-refractivity contribution is 0.0724. The molecule has 1 amide bonds. The van der Waals surface area contributed by atoms with E-state index in [2.05, 4.69) is 4.72 Å². The van der Waals surface area contributed by atoms with Crippen molar-refractivity contribution in [1.29, 1.82) is 0 Å². The van der Waals surface area contributed by atoms with E-state index in [0.29, 0.717) is 13.1 Å². The summed E-state index contributed by atoms with van der Waals surface area (Å²) in [5.41, 5.74) is 0.241. The van der Waals surface area contributed by atoms with Gasteiger partial charge >= 0.3 is 0 Å². The summed E-state index contributed by atoms with van der Waals surface area (Å²) in [5, 5.41) is 0.274. The summed E-state index contributed by atoms with van der Waals surface area (Å²) in [7, 11) is -2.25. The molecule has 1 heterocycles.